The predicted molar refractivity (Wildman–Crippen MR) is 299 cm³/mol. The van der Waals surface area contributed by atoms with Crippen LogP contribution in [0.15, 0.2) is 150 Å². The fourth-order valence-corrected chi connectivity index (χ4v) is 10.8. The molecule has 359 valence electrons. The summed E-state index contributed by atoms with van der Waals surface area (Å²) < 4.78 is 54.3. The molecule has 0 atom stereocenters. The minimum atomic E-state index is -2.30. The molecule has 0 bridgehead atoms. The second kappa shape index (κ2) is 19.3. The Balaban J connectivity index is 0.000000244. The fourth-order valence-electron chi connectivity index (χ4n) is 9.62. The number of imidazole rings is 1. The van der Waals surface area contributed by atoms with Gasteiger partial charge in [0.2, 0.25) is 0 Å². The molecule has 0 N–H and O–H groups in total. The summed E-state index contributed by atoms with van der Waals surface area (Å²) in [6.45, 7) is 17.6. The maximum absolute atomic E-state index is 7.65. The zero-order valence-electron chi connectivity index (χ0n) is 48.0. The van der Waals surface area contributed by atoms with Crippen molar-refractivity contribution in [2.45, 2.75) is 99.1 Å². The van der Waals surface area contributed by atoms with Gasteiger partial charge >= 0.3 is 0 Å². The van der Waals surface area contributed by atoms with Gasteiger partial charge in [-0.15, -0.1) is 53.6 Å². The standard InChI is InChI=1S/C48H43N2OSi.C16H19N2.Ir/c1-29(2)39-26-34(31-21-23-35(24-22-31)52(5,6)7)27-40(30(3)4)46(39)50-44-18-11-10-17-43(44)49-48(50)38-16-12-15-37-42-25-33-20-19-32-13-8-9-14-36(32)41(33)28-45(42)51-47(37)38;1-11-6-8-13(9-7-11)15-17-10-12(2)14(18-15)16(3,4)5;/h8-15,17-30H,1-7H3;6-8,10H,1-5H3;/q2*-1;/i;1D3,2D3;. The minimum absolute atomic E-state index is 0. The fraction of sp³-hybridized carbons (Fsp3) is 0.234. The Labute approximate surface area is 442 Å². The quantitative estimate of drug-likeness (QED) is 0.0906. The van der Waals surface area contributed by atoms with E-state index in [1.54, 1.807) is 6.07 Å². The normalized spacial score (nSPS) is 13.7. The second-order valence-electron chi connectivity index (χ2n) is 21.2. The molecule has 0 aliphatic rings. The molecule has 71 heavy (non-hydrogen) atoms. The molecule has 7 heteroatoms. The third-order valence-electron chi connectivity index (χ3n) is 13.4. The van der Waals surface area contributed by atoms with Gasteiger partial charge in [0, 0.05) is 56.7 Å². The average Bonchev–Trinajstić information content (AvgIpc) is 3.96. The van der Waals surface area contributed by atoms with Crippen LogP contribution in [0, 0.1) is 25.8 Å². The first kappa shape index (κ1) is 42.2. The number of hydrogen-bond acceptors (Lipinski definition) is 4. The van der Waals surface area contributed by atoms with E-state index in [1.165, 1.54) is 73.0 Å². The summed E-state index contributed by atoms with van der Waals surface area (Å²) in [6, 6.07) is 55.2. The van der Waals surface area contributed by atoms with Crippen LogP contribution in [-0.4, -0.2) is 27.6 Å². The maximum Gasteiger partial charge on any atom is 0.121 e. The van der Waals surface area contributed by atoms with Crippen LogP contribution in [-0.2, 0) is 25.5 Å². The maximum atomic E-state index is 7.65. The first-order chi connectivity index (χ1) is 35.9. The van der Waals surface area contributed by atoms with Crippen molar-refractivity contribution < 1.29 is 32.7 Å². The van der Waals surface area contributed by atoms with E-state index < -0.39 is 27.2 Å². The number of rotatable bonds is 7. The van der Waals surface area contributed by atoms with E-state index in [2.05, 4.69) is 189 Å². The molecular formula is C64H62IrN4OSi-2. The van der Waals surface area contributed by atoms with E-state index in [4.69, 9.17) is 17.6 Å². The first-order valence-corrected chi connectivity index (χ1v) is 27.7. The van der Waals surface area contributed by atoms with Crippen molar-refractivity contribution in [1.29, 1.82) is 0 Å². The Hall–Kier alpha value is -6.50. The molecule has 0 fully saturated rings. The number of fused-ring (bicyclic) bond motifs is 7. The summed E-state index contributed by atoms with van der Waals surface area (Å²) in [5.41, 5.74) is 11.7. The monoisotopic (exact) mass is 1130 g/mol. The number of nitrogens with zero attached hydrogens (tertiary/aromatic N) is 4. The Morgan fingerprint density at radius 1 is 0.676 bits per heavy atom. The number of furan rings is 1. The summed E-state index contributed by atoms with van der Waals surface area (Å²) in [5.74, 6) is 1.72. The molecule has 0 saturated heterocycles. The van der Waals surface area contributed by atoms with Crippen LogP contribution < -0.4 is 5.19 Å². The van der Waals surface area contributed by atoms with Gasteiger partial charge in [0.1, 0.15) is 5.58 Å². The van der Waals surface area contributed by atoms with Gasteiger partial charge in [0.15, 0.2) is 0 Å². The van der Waals surface area contributed by atoms with Crippen LogP contribution in [0.1, 0.15) is 96.5 Å². The molecule has 0 aliphatic heterocycles. The van der Waals surface area contributed by atoms with Crippen molar-refractivity contribution in [3.05, 3.63) is 186 Å². The van der Waals surface area contributed by atoms with Gasteiger partial charge in [0.05, 0.1) is 36.3 Å². The Kier molecular flexibility index (Phi) is 11.4. The molecular weight excluding hydrogens is 1060 g/mol. The molecule has 0 saturated carbocycles. The second-order valence-corrected chi connectivity index (χ2v) is 26.2. The molecule has 11 rings (SSSR count). The van der Waals surface area contributed by atoms with Gasteiger partial charge in [-0.3, -0.25) is 15.0 Å². The summed E-state index contributed by atoms with van der Waals surface area (Å²) in [7, 11) is -1.40. The van der Waals surface area contributed by atoms with Crippen LogP contribution in [0.2, 0.25) is 19.6 Å². The molecule has 3 heterocycles. The number of aromatic nitrogens is 4. The van der Waals surface area contributed by atoms with Gasteiger partial charge in [-0.1, -0.05) is 164 Å². The van der Waals surface area contributed by atoms with Gasteiger partial charge < -0.3 is 8.98 Å². The van der Waals surface area contributed by atoms with E-state index in [9.17, 15) is 0 Å². The van der Waals surface area contributed by atoms with Crippen molar-refractivity contribution in [1.82, 2.24) is 19.5 Å². The Morgan fingerprint density at radius 3 is 2.07 bits per heavy atom. The largest absolute Gasteiger partial charge is 0.501 e. The van der Waals surface area contributed by atoms with Crippen molar-refractivity contribution in [2.75, 3.05) is 0 Å². The summed E-state index contributed by atoms with van der Waals surface area (Å²) >= 11 is 0. The van der Waals surface area contributed by atoms with Gasteiger partial charge in [-0.25, -0.2) is 0 Å². The van der Waals surface area contributed by atoms with E-state index in [1.807, 2.05) is 26.8 Å². The van der Waals surface area contributed by atoms with Crippen LogP contribution in [0.4, 0.5) is 0 Å². The molecule has 11 aromatic rings. The molecule has 5 nitrogen and oxygen atoms in total. The van der Waals surface area contributed by atoms with E-state index in [0.29, 0.717) is 17.1 Å². The molecule has 3 aromatic heterocycles. The van der Waals surface area contributed by atoms with Gasteiger partial charge in [-0.2, -0.15) is 0 Å². The number of aryl methyl sites for hydroxylation is 2. The molecule has 8 aromatic carbocycles. The first-order valence-electron chi connectivity index (χ1n) is 27.2. The van der Waals surface area contributed by atoms with Crippen molar-refractivity contribution in [3.8, 4) is 39.6 Å². The summed E-state index contributed by atoms with van der Waals surface area (Å²) in [5, 5.41) is 8.51. The number of para-hydroxylation sites is 2. The van der Waals surface area contributed by atoms with E-state index >= 15 is 0 Å². The smallest absolute Gasteiger partial charge is 0.121 e. The van der Waals surface area contributed by atoms with E-state index in [0.717, 1.165) is 44.4 Å². The topological polar surface area (TPSA) is 56.7 Å². The number of benzene rings is 8. The third-order valence-corrected chi connectivity index (χ3v) is 15.4. The zero-order chi connectivity index (χ0) is 54.2. The SMILES string of the molecule is CC(C)c1cc(-c2ccc([Si](C)(C)C)cc2)cc(C(C)C)c1-n1c(-c2[c-]ccc3c2oc2cc4c(ccc5ccccc54)cc23)nc2ccccc21.[2H]C([2H])([2H])c1c[c-]c(-c2ncc(C([2H])([2H])[2H])c(C(C)(C)C)n2)cc1.[Ir]. The minimum Gasteiger partial charge on any atom is -0.501 e. The Morgan fingerprint density at radius 2 is 1.39 bits per heavy atom. The van der Waals surface area contributed by atoms with Crippen molar-refractivity contribution in [2.24, 2.45) is 0 Å². The van der Waals surface area contributed by atoms with Crippen LogP contribution in [0.5, 0.6) is 0 Å². The third kappa shape index (κ3) is 9.44. The molecule has 0 spiro atoms. The van der Waals surface area contributed by atoms with Gasteiger partial charge in [0.25, 0.3) is 0 Å². The number of hydrogen-bond donors (Lipinski definition) is 0. The molecule has 0 amide bonds. The summed E-state index contributed by atoms with van der Waals surface area (Å²) in [6.07, 6.45) is 1.32. The summed E-state index contributed by atoms with van der Waals surface area (Å²) in [4.78, 5) is 13.9. The van der Waals surface area contributed by atoms with Crippen molar-refractivity contribution >= 4 is 67.8 Å². The zero-order valence-corrected chi connectivity index (χ0v) is 45.4. The Bertz CT molecular complexity index is 3960. The van der Waals surface area contributed by atoms with Crippen LogP contribution in [0.3, 0.4) is 0 Å². The molecule has 1 radical (unpaired) electrons. The molecule has 0 aliphatic carbocycles. The van der Waals surface area contributed by atoms with Crippen molar-refractivity contribution in [3.63, 3.8) is 0 Å². The van der Waals surface area contributed by atoms with E-state index in [-0.39, 0.29) is 43.1 Å². The molecule has 0 unspecified atom stereocenters. The van der Waals surface area contributed by atoms with Gasteiger partial charge in [-0.05, 0) is 104 Å². The van der Waals surface area contributed by atoms with Crippen LogP contribution in [0.25, 0.3) is 94.1 Å². The predicted octanol–water partition coefficient (Wildman–Crippen LogP) is 17.0. The van der Waals surface area contributed by atoms with Crippen LogP contribution >= 0.6 is 0 Å². The average molecular weight is 1130 g/mol.